The minimum atomic E-state index is -2.91. The first-order chi connectivity index (χ1) is 10.6. The normalized spacial score (nSPS) is 30.1. The molecule has 1 aliphatic carbocycles. The van der Waals surface area contributed by atoms with Gasteiger partial charge in [-0.1, -0.05) is 44.9 Å². The second kappa shape index (κ2) is 8.74. The molecular weight excluding hydrogens is 306 g/mol. The molecule has 3 atom stereocenters. The smallest absolute Gasteiger partial charge is 0.257 e. The molecule has 2 aliphatic rings. The van der Waals surface area contributed by atoms with Gasteiger partial charge >= 0.3 is 0 Å². The topological polar surface area (TPSA) is 86.7 Å². The highest BCUT2D eigenvalue weighted by molar-refractivity contribution is 7.74. The van der Waals surface area contributed by atoms with Crippen molar-refractivity contribution in [3.63, 3.8) is 0 Å². The van der Waals surface area contributed by atoms with Crippen LogP contribution in [-0.4, -0.2) is 25.6 Å². The molecule has 0 N–H and O–H groups in total. The van der Waals surface area contributed by atoms with E-state index in [0.29, 0.717) is 30.7 Å². The van der Waals surface area contributed by atoms with E-state index in [-0.39, 0.29) is 11.8 Å². The van der Waals surface area contributed by atoms with Crippen LogP contribution in [0.3, 0.4) is 0 Å². The maximum atomic E-state index is 12.4. The lowest BCUT2D eigenvalue weighted by molar-refractivity contribution is -0.175. The van der Waals surface area contributed by atoms with Gasteiger partial charge in [0.1, 0.15) is 11.4 Å². The van der Waals surface area contributed by atoms with Crippen molar-refractivity contribution in [2.24, 2.45) is 11.8 Å². The lowest BCUT2D eigenvalue weighted by atomic mass is 9.91. The SMILES string of the molecule is O=C1C2CCCCCCCCC[C@H](CC2)C(=O)N1OS(=O)[O-]. The van der Waals surface area contributed by atoms with Crippen LogP contribution in [0.1, 0.15) is 70.6 Å². The summed E-state index contributed by atoms with van der Waals surface area (Å²) in [5, 5.41) is 0.511. The Morgan fingerprint density at radius 3 is 1.64 bits per heavy atom. The summed E-state index contributed by atoms with van der Waals surface area (Å²) in [4.78, 5) is 24.9. The Bertz CT molecular complexity index is 398. The highest BCUT2D eigenvalue weighted by Crippen LogP contribution is 2.31. The number of carbonyl (C=O) groups excluding carboxylic acids is 2. The van der Waals surface area contributed by atoms with E-state index in [1.54, 1.807) is 0 Å². The molecule has 0 radical (unpaired) electrons. The number of hydrogen-bond donors (Lipinski definition) is 0. The number of hydrogen-bond acceptors (Lipinski definition) is 5. The molecule has 0 aromatic carbocycles. The summed E-state index contributed by atoms with van der Waals surface area (Å²) < 4.78 is 26.1. The summed E-state index contributed by atoms with van der Waals surface area (Å²) in [6.45, 7) is 0. The molecule has 6 nitrogen and oxygen atoms in total. The fraction of sp³-hybridized carbons (Fsp3) is 0.867. The minimum absolute atomic E-state index is 0.307. The van der Waals surface area contributed by atoms with Gasteiger partial charge in [-0.05, 0) is 25.7 Å². The molecule has 1 heterocycles. The monoisotopic (exact) mass is 330 g/mol. The number of nitrogens with zero attached hydrogens (tertiary/aromatic N) is 1. The first kappa shape index (κ1) is 17.6. The van der Waals surface area contributed by atoms with Crippen molar-refractivity contribution in [2.75, 3.05) is 0 Å². The largest absolute Gasteiger partial charge is 0.748 e. The van der Waals surface area contributed by atoms with Crippen molar-refractivity contribution < 1.29 is 22.6 Å². The van der Waals surface area contributed by atoms with E-state index in [1.807, 2.05) is 0 Å². The van der Waals surface area contributed by atoms with Crippen LogP contribution < -0.4 is 0 Å². The standard InChI is InChI=1S/C15H25NO5S/c17-14-12-8-6-4-2-1-3-5-7-9-13(11-10-12)15(18)16(14)21-22(19)20/h12-13H,1-11H2,(H,19,20)/p-1/t12-,13?/m1/s1. The molecule has 2 rings (SSSR count). The average molecular weight is 330 g/mol. The Kier molecular flexibility index (Phi) is 6.98. The van der Waals surface area contributed by atoms with Crippen LogP contribution in [0.4, 0.5) is 0 Å². The van der Waals surface area contributed by atoms with Crippen molar-refractivity contribution in [3.05, 3.63) is 0 Å². The summed E-state index contributed by atoms with van der Waals surface area (Å²) in [5.74, 6) is -1.60. The predicted octanol–water partition coefficient (Wildman–Crippen LogP) is 2.62. The van der Waals surface area contributed by atoms with Gasteiger partial charge in [0.15, 0.2) is 0 Å². The van der Waals surface area contributed by atoms with Crippen molar-refractivity contribution in [2.45, 2.75) is 70.6 Å². The lowest BCUT2D eigenvalue weighted by Crippen LogP contribution is -2.41. The summed E-state index contributed by atoms with van der Waals surface area (Å²) in [7, 11) is 0. The number of fused-ring (bicyclic) bond motifs is 3. The quantitative estimate of drug-likeness (QED) is 0.574. The molecule has 22 heavy (non-hydrogen) atoms. The van der Waals surface area contributed by atoms with Gasteiger partial charge in [0.25, 0.3) is 11.8 Å². The zero-order valence-corrected chi connectivity index (χ0v) is 13.6. The van der Waals surface area contributed by atoms with Gasteiger partial charge in [0, 0.05) is 11.8 Å². The third-order valence-electron chi connectivity index (χ3n) is 4.70. The molecule has 0 aromatic rings. The summed E-state index contributed by atoms with van der Waals surface area (Å²) in [6.07, 6.45) is 10.3. The predicted molar refractivity (Wildman–Crippen MR) is 79.6 cm³/mol. The van der Waals surface area contributed by atoms with E-state index in [2.05, 4.69) is 4.28 Å². The second-order valence-corrected chi connectivity index (χ2v) is 6.83. The molecule has 0 spiro atoms. The van der Waals surface area contributed by atoms with Gasteiger partial charge in [0.05, 0.1) is 0 Å². The second-order valence-electron chi connectivity index (χ2n) is 6.27. The van der Waals surface area contributed by atoms with Gasteiger partial charge in [-0.3, -0.25) is 9.59 Å². The fourth-order valence-corrected chi connectivity index (χ4v) is 3.69. The number of imide groups is 1. The molecule has 2 bridgehead atoms. The third-order valence-corrected chi connectivity index (χ3v) is 4.97. The number of hydroxylamine groups is 2. The van der Waals surface area contributed by atoms with E-state index in [4.69, 9.17) is 0 Å². The molecule has 126 valence electrons. The first-order valence-electron chi connectivity index (χ1n) is 8.25. The molecule has 2 amide bonds. The number of carbonyl (C=O) groups is 2. The zero-order chi connectivity index (χ0) is 15.9. The highest BCUT2D eigenvalue weighted by Gasteiger charge is 2.38. The van der Waals surface area contributed by atoms with Crippen LogP contribution in [0.2, 0.25) is 0 Å². The average Bonchev–Trinajstić information content (AvgIpc) is 2.58. The summed E-state index contributed by atoms with van der Waals surface area (Å²) >= 11 is -2.91. The van der Waals surface area contributed by atoms with Crippen molar-refractivity contribution in [1.82, 2.24) is 5.06 Å². The molecule has 1 saturated heterocycles. The van der Waals surface area contributed by atoms with E-state index >= 15 is 0 Å². The highest BCUT2D eigenvalue weighted by atomic mass is 32.2. The molecule has 2 fully saturated rings. The first-order valence-corrected chi connectivity index (χ1v) is 9.25. The Hall–Kier alpha value is -0.790. The molecular formula is C15H24NO5S-. The van der Waals surface area contributed by atoms with E-state index in [9.17, 15) is 18.4 Å². The van der Waals surface area contributed by atoms with Crippen LogP contribution >= 0.6 is 0 Å². The van der Waals surface area contributed by atoms with Crippen molar-refractivity contribution in [3.8, 4) is 0 Å². The van der Waals surface area contributed by atoms with E-state index in [0.717, 1.165) is 25.7 Å². The fourth-order valence-electron chi connectivity index (χ4n) is 3.42. The van der Waals surface area contributed by atoms with Gasteiger partial charge < -0.3 is 4.55 Å². The Balaban J connectivity index is 2.16. The van der Waals surface area contributed by atoms with Gasteiger partial charge in [-0.15, -0.1) is 5.06 Å². The van der Waals surface area contributed by atoms with Crippen molar-refractivity contribution >= 4 is 23.2 Å². The van der Waals surface area contributed by atoms with Gasteiger partial charge in [-0.2, -0.15) is 4.28 Å². The number of amides is 2. The van der Waals surface area contributed by atoms with E-state index < -0.39 is 23.2 Å². The minimum Gasteiger partial charge on any atom is -0.748 e. The molecule has 7 heteroatoms. The molecule has 0 aromatic heterocycles. The molecule has 1 aliphatic heterocycles. The van der Waals surface area contributed by atoms with Crippen LogP contribution in [0.15, 0.2) is 0 Å². The lowest BCUT2D eigenvalue weighted by Gasteiger charge is -2.23. The van der Waals surface area contributed by atoms with Crippen LogP contribution in [0, 0.1) is 11.8 Å². The Labute approximate surface area is 134 Å². The Morgan fingerprint density at radius 1 is 0.818 bits per heavy atom. The Morgan fingerprint density at radius 2 is 1.23 bits per heavy atom. The zero-order valence-electron chi connectivity index (χ0n) is 12.8. The van der Waals surface area contributed by atoms with Gasteiger partial charge in [0.2, 0.25) is 0 Å². The maximum Gasteiger partial charge on any atom is 0.257 e. The third kappa shape index (κ3) is 4.86. The van der Waals surface area contributed by atoms with E-state index in [1.165, 1.54) is 19.3 Å². The van der Waals surface area contributed by atoms with Crippen LogP contribution in [0.5, 0.6) is 0 Å². The molecule has 1 saturated carbocycles. The van der Waals surface area contributed by atoms with Gasteiger partial charge in [-0.25, -0.2) is 4.21 Å². The molecule has 2 unspecified atom stereocenters. The summed E-state index contributed by atoms with van der Waals surface area (Å²) in [5.41, 5.74) is 0. The maximum absolute atomic E-state index is 12.4. The van der Waals surface area contributed by atoms with Crippen molar-refractivity contribution in [1.29, 1.82) is 0 Å². The van der Waals surface area contributed by atoms with Crippen LogP contribution in [0.25, 0.3) is 0 Å². The summed E-state index contributed by atoms with van der Waals surface area (Å²) in [6, 6.07) is 0. The number of rotatable bonds is 2. The van der Waals surface area contributed by atoms with Crippen LogP contribution in [-0.2, 0) is 25.2 Å².